The van der Waals surface area contributed by atoms with Gasteiger partial charge in [0.05, 0.1) is 11.2 Å². The first-order chi connectivity index (χ1) is 9.74. The first kappa shape index (κ1) is 13.7. The lowest BCUT2D eigenvalue weighted by Crippen LogP contribution is -2.45. The molecule has 0 bridgehead atoms. The number of hydrogen-bond acceptors (Lipinski definition) is 4. The van der Waals surface area contributed by atoms with E-state index in [-0.39, 0.29) is 11.9 Å². The number of hydrogen-bond donors (Lipinski definition) is 1. The zero-order chi connectivity index (χ0) is 13.9. The highest BCUT2D eigenvalue weighted by Gasteiger charge is 2.24. The molecule has 1 aromatic carbocycles. The molecule has 1 fully saturated rings. The van der Waals surface area contributed by atoms with Crippen LogP contribution in [0.4, 0.5) is 4.39 Å². The average Bonchev–Trinajstić information content (AvgIpc) is 2.85. The minimum Gasteiger partial charge on any atom is -0.314 e. The lowest BCUT2D eigenvalue weighted by atomic mass is 10.0. The third-order valence-corrected chi connectivity index (χ3v) is 4.70. The summed E-state index contributed by atoms with van der Waals surface area (Å²) >= 11 is 1.70. The lowest BCUT2D eigenvalue weighted by molar-refractivity contribution is 0.154. The SMILES string of the molecule is Cc1ncsc1CN1CCNCC1c1cccc(F)c1. The molecule has 0 radical (unpaired) electrons. The lowest BCUT2D eigenvalue weighted by Gasteiger charge is -2.36. The zero-order valence-electron chi connectivity index (χ0n) is 11.5. The zero-order valence-corrected chi connectivity index (χ0v) is 12.3. The van der Waals surface area contributed by atoms with Crippen LogP contribution in [0.15, 0.2) is 29.8 Å². The third kappa shape index (κ3) is 2.90. The van der Waals surface area contributed by atoms with E-state index in [1.54, 1.807) is 23.5 Å². The number of aromatic nitrogens is 1. The Hall–Kier alpha value is -1.30. The molecule has 0 saturated carbocycles. The number of benzene rings is 1. The summed E-state index contributed by atoms with van der Waals surface area (Å²) in [7, 11) is 0. The van der Waals surface area contributed by atoms with E-state index in [4.69, 9.17) is 0 Å². The summed E-state index contributed by atoms with van der Waals surface area (Å²) in [6, 6.07) is 7.16. The van der Waals surface area contributed by atoms with Crippen LogP contribution in [-0.4, -0.2) is 29.5 Å². The van der Waals surface area contributed by atoms with Crippen molar-refractivity contribution in [3.63, 3.8) is 0 Å². The Balaban J connectivity index is 1.82. The second-order valence-corrected chi connectivity index (χ2v) is 6.05. The van der Waals surface area contributed by atoms with Gasteiger partial charge in [0.25, 0.3) is 0 Å². The summed E-state index contributed by atoms with van der Waals surface area (Å²) in [6.45, 7) is 5.74. The first-order valence-corrected chi connectivity index (χ1v) is 7.71. The summed E-state index contributed by atoms with van der Waals surface area (Å²) in [4.78, 5) is 8.02. The molecule has 1 aliphatic rings. The fourth-order valence-electron chi connectivity index (χ4n) is 2.64. The Morgan fingerprint density at radius 2 is 2.40 bits per heavy atom. The molecule has 1 N–H and O–H groups in total. The number of piperazine rings is 1. The highest BCUT2D eigenvalue weighted by Crippen LogP contribution is 2.26. The van der Waals surface area contributed by atoms with Crippen LogP contribution in [0, 0.1) is 12.7 Å². The number of rotatable bonds is 3. The molecule has 1 saturated heterocycles. The molecule has 2 aromatic rings. The fourth-order valence-corrected chi connectivity index (χ4v) is 3.44. The maximum absolute atomic E-state index is 13.4. The second-order valence-electron chi connectivity index (χ2n) is 5.11. The van der Waals surface area contributed by atoms with Crippen LogP contribution >= 0.6 is 11.3 Å². The van der Waals surface area contributed by atoms with Crippen molar-refractivity contribution in [1.82, 2.24) is 15.2 Å². The van der Waals surface area contributed by atoms with E-state index >= 15 is 0 Å². The van der Waals surface area contributed by atoms with Crippen LogP contribution in [-0.2, 0) is 6.54 Å². The molecule has 2 heterocycles. The van der Waals surface area contributed by atoms with E-state index in [2.05, 4.69) is 15.2 Å². The number of thiazole rings is 1. The number of aryl methyl sites for hydroxylation is 1. The van der Waals surface area contributed by atoms with Crippen LogP contribution < -0.4 is 5.32 Å². The van der Waals surface area contributed by atoms with Gasteiger partial charge in [-0.25, -0.2) is 9.37 Å². The maximum Gasteiger partial charge on any atom is 0.123 e. The Bertz CT molecular complexity index is 584. The summed E-state index contributed by atoms with van der Waals surface area (Å²) < 4.78 is 13.4. The van der Waals surface area contributed by atoms with Crippen molar-refractivity contribution in [2.75, 3.05) is 19.6 Å². The summed E-state index contributed by atoms with van der Waals surface area (Å²) in [6.07, 6.45) is 0. The van der Waals surface area contributed by atoms with Gasteiger partial charge in [-0.2, -0.15) is 0 Å². The van der Waals surface area contributed by atoms with E-state index in [0.29, 0.717) is 0 Å². The van der Waals surface area contributed by atoms with Crippen LogP contribution in [0.2, 0.25) is 0 Å². The monoisotopic (exact) mass is 291 g/mol. The van der Waals surface area contributed by atoms with Crippen molar-refractivity contribution in [2.24, 2.45) is 0 Å². The van der Waals surface area contributed by atoms with Gasteiger partial charge in [-0.1, -0.05) is 12.1 Å². The van der Waals surface area contributed by atoms with Gasteiger partial charge in [0.1, 0.15) is 5.82 Å². The second kappa shape index (κ2) is 5.99. The van der Waals surface area contributed by atoms with Crippen molar-refractivity contribution in [3.8, 4) is 0 Å². The minimum absolute atomic E-state index is 0.165. The fraction of sp³-hybridized carbons (Fsp3) is 0.400. The van der Waals surface area contributed by atoms with Gasteiger partial charge in [0, 0.05) is 37.1 Å². The van der Waals surface area contributed by atoms with E-state index in [9.17, 15) is 4.39 Å². The molecule has 1 aromatic heterocycles. The topological polar surface area (TPSA) is 28.2 Å². The molecule has 1 atom stereocenters. The molecular weight excluding hydrogens is 273 g/mol. The Morgan fingerprint density at radius 3 is 3.15 bits per heavy atom. The number of nitrogens with zero attached hydrogens (tertiary/aromatic N) is 2. The smallest absolute Gasteiger partial charge is 0.123 e. The molecule has 20 heavy (non-hydrogen) atoms. The molecule has 0 amide bonds. The number of nitrogens with one attached hydrogen (secondary N) is 1. The summed E-state index contributed by atoms with van der Waals surface area (Å²) in [5.41, 5.74) is 4.04. The van der Waals surface area contributed by atoms with Crippen LogP contribution in [0.3, 0.4) is 0 Å². The third-order valence-electron chi connectivity index (χ3n) is 3.78. The number of halogens is 1. The molecular formula is C15H18FN3S. The predicted molar refractivity (Wildman–Crippen MR) is 79.3 cm³/mol. The van der Waals surface area contributed by atoms with Crippen LogP contribution in [0.1, 0.15) is 22.2 Å². The van der Waals surface area contributed by atoms with Crippen LogP contribution in [0.25, 0.3) is 0 Å². The van der Waals surface area contributed by atoms with Crippen molar-refractivity contribution in [1.29, 1.82) is 0 Å². The normalized spacial score (nSPS) is 20.2. The van der Waals surface area contributed by atoms with Gasteiger partial charge >= 0.3 is 0 Å². The largest absolute Gasteiger partial charge is 0.314 e. The summed E-state index contributed by atoms with van der Waals surface area (Å²) in [5, 5.41) is 3.40. The standard InChI is InChI=1S/C15H18FN3S/c1-11-15(20-10-18-11)9-19-6-5-17-8-14(19)12-3-2-4-13(16)7-12/h2-4,7,10,14,17H,5-6,8-9H2,1H3. The Kier molecular flexibility index (Phi) is 4.10. The molecule has 0 aliphatic carbocycles. The molecule has 3 rings (SSSR count). The van der Waals surface area contributed by atoms with E-state index in [1.165, 1.54) is 10.9 Å². The Labute approximate surface area is 122 Å². The molecule has 0 spiro atoms. The quantitative estimate of drug-likeness (QED) is 0.942. The molecule has 1 unspecified atom stereocenters. The molecule has 1 aliphatic heterocycles. The van der Waals surface area contributed by atoms with Crippen molar-refractivity contribution in [2.45, 2.75) is 19.5 Å². The van der Waals surface area contributed by atoms with Crippen LogP contribution in [0.5, 0.6) is 0 Å². The van der Waals surface area contributed by atoms with Gasteiger partial charge in [0.2, 0.25) is 0 Å². The average molecular weight is 291 g/mol. The highest BCUT2D eigenvalue weighted by molar-refractivity contribution is 7.09. The van der Waals surface area contributed by atoms with E-state index < -0.39 is 0 Å². The van der Waals surface area contributed by atoms with Crippen molar-refractivity contribution < 1.29 is 4.39 Å². The summed E-state index contributed by atoms with van der Waals surface area (Å²) in [5.74, 6) is -0.165. The molecule has 3 nitrogen and oxygen atoms in total. The molecule has 5 heteroatoms. The maximum atomic E-state index is 13.4. The van der Waals surface area contributed by atoms with Gasteiger partial charge in [-0.15, -0.1) is 11.3 Å². The van der Waals surface area contributed by atoms with Gasteiger partial charge in [0.15, 0.2) is 0 Å². The predicted octanol–water partition coefficient (Wildman–Crippen LogP) is 2.74. The van der Waals surface area contributed by atoms with Gasteiger partial charge in [-0.3, -0.25) is 4.90 Å². The highest BCUT2D eigenvalue weighted by atomic mass is 32.1. The Morgan fingerprint density at radius 1 is 1.50 bits per heavy atom. The van der Waals surface area contributed by atoms with Crippen molar-refractivity contribution >= 4 is 11.3 Å². The van der Waals surface area contributed by atoms with Crippen molar-refractivity contribution in [3.05, 3.63) is 51.7 Å². The minimum atomic E-state index is -0.165. The van der Waals surface area contributed by atoms with E-state index in [0.717, 1.165) is 37.4 Å². The molecule has 106 valence electrons. The first-order valence-electron chi connectivity index (χ1n) is 6.83. The van der Waals surface area contributed by atoms with Gasteiger partial charge in [-0.05, 0) is 24.6 Å². The van der Waals surface area contributed by atoms with E-state index in [1.807, 2.05) is 18.5 Å². The van der Waals surface area contributed by atoms with Gasteiger partial charge < -0.3 is 5.32 Å².